The Morgan fingerprint density at radius 3 is 2.53 bits per heavy atom. The minimum absolute atomic E-state index is 0.216. The van der Waals surface area contributed by atoms with Gasteiger partial charge in [-0.3, -0.25) is 9.69 Å². The van der Waals surface area contributed by atoms with Crippen molar-refractivity contribution in [2.45, 2.75) is 31.2 Å². The molecule has 0 aromatic carbocycles. The highest BCUT2D eigenvalue weighted by Crippen LogP contribution is 2.32. The number of carbonyl (C=O) groups is 1. The van der Waals surface area contributed by atoms with Crippen LogP contribution in [0.2, 0.25) is 0 Å². The van der Waals surface area contributed by atoms with Crippen molar-refractivity contribution in [1.82, 2.24) is 4.90 Å². The number of ether oxygens (including phenoxy) is 2. The summed E-state index contributed by atoms with van der Waals surface area (Å²) in [4.78, 5) is 13.4. The molecule has 1 atom stereocenters. The van der Waals surface area contributed by atoms with Crippen molar-refractivity contribution in [2.24, 2.45) is 0 Å². The van der Waals surface area contributed by atoms with Gasteiger partial charge in [-0.15, -0.1) is 0 Å². The van der Waals surface area contributed by atoms with Crippen LogP contribution in [0, 0.1) is 0 Å². The third-order valence-electron chi connectivity index (χ3n) is 3.80. The van der Waals surface area contributed by atoms with E-state index < -0.39 is 5.97 Å². The van der Waals surface area contributed by atoms with Gasteiger partial charge in [-0.2, -0.15) is 0 Å². The SMILES string of the molecule is O=C(O)CC1(N2CCOCC2)CCCOCC1. The Balaban J connectivity index is 2.11. The lowest BCUT2D eigenvalue weighted by Gasteiger charge is -2.44. The van der Waals surface area contributed by atoms with Gasteiger partial charge < -0.3 is 14.6 Å². The standard InChI is InChI=1S/C12H21NO4/c14-11(15)10-12(2-1-6-16-7-3-12)13-4-8-17-9-5-13/h1-10H2,(H,14,15). The highest BCUT2D eigenvalue weighted by molar-refractivity contribution is 5.68. The summed E-state index contributed by atoms with van der Waals surface area (Å²) in [7, 11) is 0. The summed E-state index contributed by atoms with van der Waals surface area (Å²) in [6, 6.07) is 0. The van der Waals surface area contributed by atoms with Gasteiger partial charge in [0.2, 0.25) is 0 Å². The lowest BCUT2D eigenvalue weighted by atomic mass is 9.84. The molecule has 2 fully saturated rings. The van der Waals surface area contributed by atoms with Crippen LogP contribution in [-0.4, -0.2) is 61.0 Å². The zero-order chi connectivity index (χ0) is 12.1. The normalized spacial score (nSPS) is 32.0. The van der Waals surface area contributed by atoms with Crippen LogP contribution in [0.3, 0.4) is 0 Å². The molecular weight excluding hydrogens is 222 g/mol. The smallest absolute Gasteiger partial charge is 0.305 e. The molecule has 98 valence electrons. The molecule has 0 bridgehead atoms. The molecule has 5 heteroatoms. The lowest BCUT2D eigenvalue weighted by molar-refractivity contribution is -0.142. The van der Waals surface area contributed by atoms with Crippen LogP contribution in [0.15, 0.2) is 0 Å². The topological polar surface area (TPSA) is 59.0 Å². The van der Waals surface area contributed by atoms with E-state index in [1.54, 1.807) is 0 Å². The molecule has 0 aliphatic carbocycles. The third kappa shape index (κ3) is 3.18. The third-order valence-corrected chi connectivity index (χ3v) is 3.80. The Morgan fingerprint density at radius 1 is 1.12 bits per heavy atom. The number of hydrogen-bond acceptors (Lipinski definition) is 4. The van der Waals surface area contributed by atoms with Crippen molar-refractivity contribution in [3.63, 3.8) is 0 Å². The first-order valence-electron chi connectivity index (χ1n) is 6.35. The molecule has 0 saturated carbocycles. The van der Waals surface area contributed by atoms with E-state index in [4.69, 9.17) is 14.6 Å². The van der Waals surface area contributed by atoms with Crippen molar-refractivity contribution in [3.8, 4) is 0 Å². The summed E-state index contributed by atoms with van der Waals surface area (Å²) < 4.78 is 10.8. The Hall–Kier alpha value is -0.650. The van der Waals surface area contributed by atoms with Gasteiger partial charge in [0.25, 0.3) is 0 Å². The number of carboxylic acids is 1. The van der Waals surface area contributed by atoms with Crippen LogP contribution < -0.4 is 0 Å². The fourth-order valence-electron chi connectivity index (χ4n) is 2.92. The molecule has 0 spiro atoms. The predicted molar refractivity (Wildman–Crippen MR) is 62.0 cm³/mol. The molecule has 2 aliphatic heterocycles. The van der Waals surface area contributed by atoms with E-state index in [2.05, 4.69) is 4.90 Å². The minimum Gasteiger partial charge on any atom is -0.481 e. The number of nitrogens with zero attached hydrogens (tertiary/aromatic N) is 1. The maximum atomic E-state index is 11.1. The predicted octanol–water partition coefficient (Wildman–Crippen LogP) is 0.733. The van der Waals surface area contributed by atoms with Crippen molar-refractivity contribution in [3.05, 3.63) is 0 Å². The first-order chi connectivity index (χ1) is 8.23. The molecule has 2 rings (SSSR count). The van der Waals surface area contributed by atoms with Gasteiger partial charge in [0.1, 0.15) is 0 Å². The molecule has 2 saturated heterocycles. The Labute approximate surface area is 102 Å². The van der Waals surface area contributed by atoms with Gasteiger partial charge in [-0.25, -0.2) is 0 Å². The molecule has 0 amide bonds. The molecule has 0 aromatic heterocycles. The van der Waals surface area contributed by atoms with E-state index in [9.17, 15) is 4.79 Å². The highest BCUT2D eigenvalue weighted by Gasteiger charge is 2.39. The summed E-state index contributed by atoms with van der Waals surface area (Å²) in [5.74, 6) is -0.710. The molecule has 2 heterocycles. The first kappa shape index (κ1) is 12.8. The Bertz CT molecular complexity index is 255. The van der Waals surface area contributed by atoms with Crippen LogP contribution in [-0.2, 0) is 14.3 Å². The maximum absolute atomic E-state index is 11.1. The molecule has 0 aromatic rings. The minimum atomic E-state index is -0.710. The van der Waals surface area contributed by atoms with Crippen molar-refractivity contribution in [2.75, 3.05) is 39.5 Å². The van der Waals surface area contributed by atoms with Crippen molar-refractivity contribution < 1.29 is 19.4 Å². The number of rotatable bonds is 3. The summed E-state index contributed by atoms with van der Waals surface area (Å²) in [5, 5.41) is 9.15. The molecule has 2 aliphatic rings. The molecule has 1 N–H and O–H groups in total. The van der Waals surface area contributed by atoms with Crippen LogP contribution in [0.5, 0.6) is 0 Å². The summed E-state index contributed by atoms with van der Waals surface area (Å²) in [5.41, 5.74) is -0.216. The van der Waals surface area contributed by atoms with Gasteiger partial charge in [0.15, 0.2) is 0 Å². The van der Waals surface area contributed by atoms with Gasteiger partial charge in [-0.05, 0) is 19.3 Å². The van der Waals surface area contributed by atoms with E-state index >= 15 is 0 Å². The second-order valence-electron chi connectivity index (χ2n) is 4.86. The number of hydrogen-bond donors (Lipinski definition) is 1. The highest BCUT2D eigenvalue weighted by atomic mass is 16.5. The van der Waals surface area contributed by atoms with E-state index in [0.717, 1.165) is 39.0 Å². The van der Waals surface area contributed by atoms with Crippen molar-refractivity contribution in [1.29, 1.82) is 0 Å². The fraction of sp³-hybridized carbons (Fsp3) is 0.917. The summed E-state index contributed by atoms with van der Waals surface area (Å²) >= 11 is 0. The maximum Gasteiger partial charge on any atom is 0.305 e. The lowest BCUT2D eigenvalue weighted by Crippen LogP contribution is -2.54. The average molecular weight is 243 g/mol. The van der Waals surface area contributed by atoms with E-state index in [1.165, 1.54) is 0 Å². The second kappa shape index (κ2) is 5.80. The van der Waals surface area contributed by atoms with Crippen molar-refractivity contribution >= 4 is 5.97 Å². The summed E-state index contributed by atoms with van der Waals surface area (Å²) in [6.45, 7) is 4.53. The van der Waals surface area contributed by atoms with Gasteiger partial charge >= 0.3 is 5.97 Å². The second-order valence-corrected chi connectivity index (χ2v) is 4.86. The largest absolute Gasteiger partial charge is 0.481 e. The van der Waals surface area contributed by atoms with Gasteiger partial charge in [0, 0.05) is 31.8 Å². The average Bonchev–Trinajstić information content (AvgIpc) is 2.56. The fourth-order valence-corrected chi connectivity index (χ4v) is 2.92. The quantitative estimate of drug-likeness (QED) is 0.792. The Kier molecular flexibility index (Phi) is 4.36. The first-order valence-corrected chi connectivity index (χ1v) is 6.35. The monoisotopic (exact) mass is 243 g/mol. The van der Waals surface area contributed by atoms with Crippen LogP contribution in [0.1, 0.15) is 25.7 Å². The van der Waals surface area contributed by atoms with Crippen LogP contribution in [0.25, 0.3) is 0 Å². The van der Waals surface area contributed by atoms with E-state index in [-0.39, 0.29) is 12.0 Å². The van der Waals surface area contributed by atoms with Gasteiger partial charge in [0.05, 0.1) is 19.6 Å². The number of carboxylic acid groups (broad SMARTS) is 1. The van der Waals surface area contributed by atoms with Gasteiger partial charge in [-0.1, -0.05) is 0 Å². The molecule has 17 heavy (non-hydrogen) atoms. The van der Waals surface area contributed by atoms with E-state index in [0.29, 0.717) is 19.8 Å². The number of aliphatic carboxylic acids is 1. The zero-order valence-electron chi connectivity index (χ0n) is 10.2. The number of morpholine rings is 1. The van der Waals surface area contributed by atoms with Crippen LogP contribution in [0.4, 0.5) is 0 Å². The van der Waals surface area contributed by atoms with E-state index in [1.807, 2.05) is 0 Å². The Morgan fingerprint density at radius 2 is 1.82 bits per heavy atom. The molecule has 5 nitrogen and oxygen atoms in total. The zero-order valence-corrected chi connectivity index (χ0v) is 10.2. The summed E-state index contributed by atoms with van der Waals surface area (Å²) in [6.07, 6.45) is 2.90. The molecule has 1 unspecified atom stereocenters. The molecular formula is C12H21NO4. The van der Waals surface area contributed by atoms with Crippen LogP contribution >= 0.6 is 0 Å². The molecule has 0 radical (unpaired) electrons.